The maximum absolute atomic E-state index is 10.1. The second-order valence-corrected chi connectivity index (χ2v) is 6.89. The van der Waals surface area contributed by atoms with Crippen molar-refractivity contribution in [2.45, 2.75) is 54.0 Å². The highest BCUT2D eigenvalue weighted by Gasteiger charge is 2.51. The Kier molecular flexibility index (Phi) is 5.01. The molecule has 6 heteroatoms. The van der Waals surface area contributed by atoms with Crippen LogP contribution in [0.4, 0.5) is 0 Å². The second-order valence-electron chi connectivity index (χ2n) is 3.83. The number of aliphatic hydroxyl groups excluding tert-OH is 2. The van der Waals surface area contributed by atoms with Crippen molar-refractivity contribution in [2.24, 2.45) is 0 Å². The first-order valence-corrected chi connectivity index (χ1v) is 6.79. The van der Waals surface area contributed by atoms with Crippen LogP contribution in [0.3, 0.4) is 0 Å². The molecule has 0 spiro atoms. The van der Waals surface area contributed by atoms with Crippen LogP contribution in [0.5, 0.6) is 0 Å². The van der Waals surface area contributed by atoms with E-state index in [4.69, 9.17) is 4.74 Å². The third kappa shape index (κ3) is 2.92. The molecule has 0 aliphatic carbocycles. The number of ether oxygens (including phenoxy) is 1. The van der Waals surface area contributed by atoms with Crippen LogP contribution in [-0.2, 0) is 4.74 Å². The van der Waals surface area contributed by atoms with Gasteiger partial charge in [-0.1, -0.05) is 45.2 Å². The van der Waals surface area contributed by atoms with Gasteiger partial charge in [-0.25, -0.2) is 0 Å². The van der Waals surface area contributed by atoms with E-state index in [0.717, 1.165) is 12.8 Å². The number of rotatable bonds is 3. The lowest BCUT2D eigenvalue weighted by atomic mass is 9.94. The van der Waals surface area contributed by atoms with Crippen molar-refractivity contribution in [1.29, 1.82) is 0 Å². The highest BCUT2D eigenvalue weighted by molar-refractivity contribution is 9.24. The minimum Gasteiger partial charge on any atom is -0.390 e. The zero-order valence-corrected chi connectivity index (χ0v) is 11.6. The Hall–Kier alpha value is 0.800. The molecule has 0 aromatic heterocycles. The van der Waals surface area contributed by atoms with Gasteiger partial charge in [0.1, 0.15) is 9.84 Å². The Labute approximate surface area is 106 Å². The maximum atomic E-state index is 10.1. The highest BCUT2D eigenvalue weighted by Crippen LogP contribution is 2.37. The van der Waals surface area contributed by atoms with Crippen LogP contribution >= 0.6 is 31.9 Å². The van der Waals surface area contributed by atoms with Crippen molar-refractivity contribution in [3.8, 4) is 0 Å². The topological polar surface area (TPSA) is 69.9 Å². The third-order valence-corrected chi connectivity index (χ3v) is 3.88. The first-order chi connectivity index (χ1) is 6.91. The quantitative estimate of drug-likeness (QED) is 0.669. The number of halogens is 2. The Balaban J connectivity index is 2.76. The molecule has 4 atom stereocenters. The summed E-state index contributed by atoms with van der Waals surface area (Å²) in [7, 11) is 0. The molecular weight excluding hydrogens is 332 g/mol. The zero-order valence-electron chi connectivity index (χ0n) is 8.44. The van der Waals surface area contributed by atoms with Crippen LogP contribution in [0.25, 0.3) is 0 Å². The van der Waals surface area contributed by atoms with Gasteiger partial charge in [0.15, 0.2) is 0 Å². The average molecular weight is 348 g/mol. The Morgan fingerprint density at radius 2 is 2.07 bits per heavy atom. The van der Waals surface area contributed by atoms with Gasteiger partial charge in [-0.3, -0.25) is 0 Å². The minimum atomic E-state index is -1.78. The molecule has 15 heavy (non-hydrogen) atoms. The maximum Gasteiger partial charge on any atom is 0.217 e. The van der Waals surface area contributed by atoms with Crippen LogP contribution in [0.15, 0.2) is 0 Å². The fourth-order valence-electron chi connectivity index (χ4n) is 1.74. The second kappa shape index (κ2) is 5.42. The van der Waals surface area contributed by atoms with Gasteiger partial charge in [0.05, 0.1) is 12.2 Å². The van der Waals surface area contributed by atoms with Crippen LogP contribution in [0.1, 0.15) is 26.2 Å². The molecule has 1 rings (SSSR count). The number of hydrogen-bond acceptors (Lipinski definition) is 4. The molecule has 1 aliphatic heterocycles. The molecule has 0 amide bonds. The molecule has 0 bridgehead atoms. The van der Waals surface area contributed by atoms with Crippen molar-refractivity contribution in [3.05, 3.63) is 0 Å². The van der Waals surface area contributed by atoms with Gasteiger partial charge in [-0.05, 0) is 6.42 Å². The average Bonchev–Trinajstić information content (AvgIpc) is 2.14. The fourth-order valence-corrected chi connectivity index (χ4v) is 2.50. The van der Waals surface area contributed by atoms with Crippen molar-refractivity contribution in [2.75, 3.05) is 0 Å². The van der Waals surface area contributed by atoms with Gasteiger partial charge >= 0.3 is 0 Å². The summed E-state index contributed by atoms with van der Waals surface area (Å²) in [6, 6.07) is 0. The molecule has 1 saturated heterocycles. The normalized spacial score (nSPS) is 42.2. The molecule has 1 aliphatic rings. The summed E-state index contributed by atoms with van der Waals surface area (Å²) in [6.45, 7) is 2.00. The monoisotopic (exact) mass is 346 g/mol. The summed E-state index contributed by atoms with van der Waals surface area (Å²) in [5.74, 6) is -1.78. The summed E-state index contributed by atoms with van der Waals surface area (Å²) in [6.07, 6.45) is -0.495. The largest absolute Gasteiger partial charge is 0.390 e. The van der Waals surface area contributed by atoms with Gasteiger partial charge in [0.2, 0.25) is 5.79 Å². The zero-order chi connectivity index (χ0) is 11.6. The van der Waals surface area contributed by atoms with Crippen LogP contribution in [-0.4, -0.2) is 43.2 Å². The molecule has 1 fully saturated rings. The summed E-state index contributed by atoms with van der Waals surface area (Å²) in [5.41, 5.74) is 0. The van der Waals surface area contributed by atoms with Gasteiger partial charge in [-0.15, -0.1) is 0 Å². The van der Waals surface area contributed by atoms with E-state index in [1.54, 1.807) is 0 Å². The lowest BCUT2D eigenvalue weighted by Crippen LogP contribution is -2.61. The fraction of sp³-hybridized carbons (Fsp3) is 1.00. The van der Waals surface area contributed by atoms with E-state index in [9.17, 15) is 15.3 Å². The first-order valence-electron chi connectivity index (χ1n) is 4.96. The molecule has 90 valence electrons. The standard InChI is InChI=1S/C9H16Br2O4/c1-2-3-5-4-6(12)7(13)9(14,15-5)8(10)11/h5-8,12-14H,2-4H2,1H3/t5-,6+,7+,9-/m1/s1. The molecule has 1 heterocycles. The molecule has 3 N–H and O–H groups in total. The number of hydrogen-bond donors (Lipinski definition) is 3. The van der Waals surface area contributed by atoms with Crippen LogP contribution in [0, 0.1) is 0 Å². The van der Waals surface area contributed by atoms with Crippen molar-refractivity contribution >= 4 is 31.9 Å². The summed E-state index contributed by atoms with van der Waals surface area (Å²) in [4.78, 5) is 0. The van der Waals surface area contributed by atoms with Gasteiger partial charge in [0, 0.05) is 6.42 Å². The van der Waals surface area contributed by atoms with Crippen molar-refractivity contribution < 1.29 is 20.1 Å². The predicted octanol–water partition coefficient (Wildman–Crippen LogP) is 1.10. The molecule has 0 unspecified atom stereocenters. The first kappa shape index (κ1) is 13.9. The predicted molar refractivity (Wildman–Crippen MR) is 63.0 cm³/mol. The van der Waals surface area contributed by atoms with Gasteiger partial charge in [0.25, 0.3) is 0 Å². The van der Waals surface area contributed by atoms with Crippen molar-refractivity contribution in [1.82, 2.24) is 0 Å². The Morgan fingerprint density at radius 1 is 1.47 bits per heavy atom. The van der Waals surface area contributed by atoms with Crippen molar-refractivity contribution in [3.63, 3.8) is 0 Å². The van der Waals surface area contributed by atoms with Crippen LogP contribution in [0.2, 0.25) is 0 Å². The summed E-state index contributed by atoms with van der Waals surface area (Å²) < 4.78 is 4.79. The van der Waals surface area contributed by atoms with E-state index in [-0.39, 0.29) is 6.10 Å². The van der Waals surface area contributed by atoms with E-state index in [1.165, 1.54) is 0 Å². The number of aliphatic hydroxyl groups is 3. The summed E-state index contributed by atoms with van der Waals surface area (Å²) >= 11 is 6.22. The molecule has 0 aromatic rings. The molecule has 0 saturated carbocycles. The van der Waals surface area contributed by atoms with Crippen LogP contribution < -0.4 is 0 Å². The molecule has 0 aromatic carbocycles. The summed E-state index contributed by atoms with van der Waals surface area (Å²) in [5, 5.41) is 29.4. The SMILES string of the molecule is CCC[C@@H]1C[C@H](O)[C@H](O)[C@](O)(C(Br)Br)O1. The van der Waals surface area contributed by atoms with E-state index in [2.05, 4.69) is 31.9 Å². The van der Waals surface area contributed by atoms with E-state index >= 15 is 0 Å². The van der Waals surface area contributed by atoms with E-state index in [0.29, 0.717) is 6.42 Å². The van der Waals surface area contributed by atoms with Gasteiger partial charge < -0.3 is 20.1 Å². The van der Waals surface area contributed by atoms with Gasteiger partial charge in [-0.2, -0.15) is 0 Å². The smallest absolute Gasteiger partial charge is 0.217 e. The molecular formula is C9H16Br2O4. The van der Waals surface area contributed by atoms with E-state index < -0.39 is 21.7 Å². The lowest BCUT2D eigenvalue weighted by Gasteiger charge is -2.44. The number of alkyl halides is 2. The lowest BCUT2D eigenvalue weighted by molar-refractivity contribution is -0.312. The Bertz CT molecular complexity index is 214. The molecule has 0 radical (unpaired) electrons. The highest BCUT2D eigenvalue weighted by atomic mass is 79.9. The Morgan fingerprint density at radius 3 is 2.53 bits per heavy atom. The minimum absolute atomic E-state index is 0.226. The molecule has 4 nitrogen and oxygen atoms in total. The third-order valence-electron chi connectivity index (χ3n) is 2.57. The van der Waals surface area contributed by atoms with E-state index in [1.807, 2.05) is 6.92 Å².